The third kappa shape index (κ3) is 4.64. The highest BCUT2D eigenvalue weighted by Crippen LogP contribution is 2.26. The van der Waals surface area contributed by atoms with Gasteiger partial charge in [0.15, 0.2) is 0 Å². The van der Waals surface area contributed by atoms with Gasteiger partial charge in [-0.25, -0.2) is 13.4 Å². The lowest BCUT2D eigenvalue weighted by atomic mass is 10.1. The topological polar surface area (TPSA) is 80.3 Å². The number of methoxy groups -OCH3 is 1. The second kappa shape index (κ2) is 7.61. The molecule has 0 amide bonds. The fourth-order valence-corrected chi connectivity index (χ4v) is 3.26. The fourth-order valence-electron chi connectivity index (χ4n) is 2.70. The van der Waals surface area contributed by atoms with E-state index < -0.39 is 10.0 Å². The molecule has 3 rings (SSSR count). The Hall–Kier alpha value is -2.80. The van der Waals surface area contributed by atoms with Crippen molar-refractivity contribution >= 4 is 32.3 Å². The van der Waals surface area contributed by atoms with E-state index in [0.717, 1.165) is 41.4 Å². The molecule has 0 radical (unpaired) electrons. The van der Waals surface area contributed by atoms with E-state index in [9.17, 15) is 8.42 Å². The molecule has 1 aromatic heterocycles. The zero-order valence-corrected chi connectivity index (χ0v) is 15.5. The quantitative estimate of drug-likeness (QED) is 0.666. The number of rotatable bonds is 7. The zero-order chi connectivity index (χ0) is 18.6. The van der Waals surface area contributed by atoms with Crippen LogP contribution in [0.15, 0.2) is 54.6 Å². The molecule has 0 aliphatic rings. The Morgan fingerprint density at radius 3 is 2.50 bits per heavy atom. The van der Waals surface area contributed by atoms with E-state index in [0.29, 0.717) is 11.6 Å². The number of aromatic nitrogens is 1. The SMILES string of the molecule is COc1cc(NCCc2ccc(NS(C)(=O)=O)cc2)c2ccccc2n1. The molecular formula is C19H21N3O3S. The Kier molecular flexibility index (Phi) is 5.27. The van der Waals surface area contributed by atoms with Gasteiger partial charge in [0.05, 0.1) is 18.9 Å². The summed E-state index contributed by atoms with van der Waals surface area (Å²) in [6.45, 7) is 0.732. The number of benzene rings is 2. The average Bonchev–Trinajstić information content (AvgIpc) is 2.61. The molecular weight excluding hydrogens is 350 g/mol. The van der Waals surface area contributed by atoms with E-state index in [1.54, 1.807) is 19.2 Å². The van der Waals surface area contributed by atoms with Gasteiger partial charge in [-0.1, -0.05) is 30.3 Å². The van der Waals surface area contributed by atoms with Crippen LogP contribution < -0.4 is 14.8 Å². The molecule has 0 unspecified atom stereocenters. The molecule has 0 saturated carbocycles. The van der Waals surface area contributed by atoms with Crippen molar-refractivity contribution in [2.45, 2.75) is 6.42 Å². The van der Waals surface area contributed by atoms with Crippen molar-refractivity contribution in [2.75, 3.05) is 29.9 Å². The Morgan fingerprint density at radius 1 is 1.08 bits per heavy atom. The van der Waals surface area contributed by atoms with Gasteiger partial charge in [0.1, 0.15) is 0 Å². The summed E-state index contributed by atoms with van der Waals surface area (Å²) in [5.41, 5.74) is 3.53. The van der Waals surface area contributed by atoms with Crippen molar-refractivity contribution in [2.24, 2.45) is 0 Å². The molecule has 0 aliphatic carbocycles. The molecule has 2 N–H and O–H groups in total. The Labute approximate surface area is 153 Å². The molecule has 136 valence electrons. The molecule has 0 atom stereocenters. The number of anilines is 2. The highest BCUT2D eigenvalue weighted by molar-refractivity contribution is 7.92. The monoisotopic (exact) mass is 371 g/mol. The summed E-state index contributed by atoms with van der Waals surface area (Å²) in [7, 11) is -1.65. The number of ether oxygens (including phenoxy) is 1. The second-order valence-electron chi connectivity index (χ2n) is 5.98. The van der Waals surface area contributed by atoms with Crippen LogP contribution in [0, 0.1) is 0 Å². The van der Waals surface area contributed by atoms with Gasteiger partial charge in [-0.15, -0.1) is 0 Å². The Morgan fingerprint density at radius 2 is 1.81 bits per heavy atom. The van der Waals surface area contributed by atoms with E-state index in [1.807, 2.05) is 42.5 Å². The van der Waals surface area contributed by atoms with Crippen molar-refractivity contribution in [1.29, 1.82) is 0 Å². The fraction of sp³-hybridized carbons (Fsp3) is 0.211. The smallest absolute Gasteiger partial charge is 0.229 e. The number of nitrogens with one attached hydrogen (secondary N) is 2. The van der Waals surface area contributed by atoms with Gasteiger partial charge >= 0.3 is 0 Å². The summed E-state index contributed by atoms with van der Waals surface area (Å²) in [6.07, 6.45) is 1.94. The van der Waals surface area contributed by atoms with E-state index >= 15 is 0 Å². The van der Waals surface area contributed by atoms with Crippen LogP contribution in [0.2, 0.25) is 0 Å². The van der Waals surface area contributed by atoms with Crippen LogP contribution in [0.1, 0.15) is 5.56 Å². The number of fused-ring (bicyclic) bond motifs is 1. The number of nitrogens with zero attached hydrogens (tertiary/aromatic N) is 1. The summed E-state index contributed by atoms with van der Waals surface area (Å²) >= 11 is 0. The predicted molar refractivity (Wildman–Crippen MR) is 105 cm³/mol. The van der Waals surface area contributed by atoms with Gasteiger partial charge in [-0.3, -0.25) is 4.72 Å². The normalized spacial score (nSPS) is 11.3. The molecule has 3 aromatic rings. The van der Waals surface area contributed by atoms with Crippen LogP contribution in [0.5, 0.6) is 5.88 Å². The summed E-state index contributed by atoms with van der Waals surface area (Å²) in [4.78, 5) is 4.44. The molecule has 0 bridgehead atoms. The lowest BCUT2D eigenvalue weighted by Gasteiger charge is -2.12. The van der Waals surface area contributed by atoms with Crippen molar-refractivity contribution in [3.05, 3.63) is 60.2 Å². The minimum absolute atomic E-state index is 0.564. The van der Waals surface area contributed by atoms with Gasteiger partial charge in [0.2, 0.25) is 15.9 Å². The molecule has 26 heavy (non-hydrogen) atoms. The lowest BCUT2D eigenvalue weighted by molar-refractivity contribution is 0.400. The molecule has 0 aliphatic heterocycles. The van der Waals surface area contributed by atoms with Crippen LogP contribution in [-0.4, -0.2) is 33.3 Å². The van der Waals surface area contributed by atoms with Crippen molar-refractivity contribution in [3.63, 3.8) is 0 Å². The first kappa shape index (κ1) is 18.0. The van der Waals surface area contributed by atoms with Crippen LogP contribution in [0.4, 0.5) is 11.4 Å². The van der Waals surface area contributed by atoms with Crippen LogP contribution >= 0.6 is 0 Å². The minimum atomic E-state index is -3.25. The lowest BCUT2D eigenvalue weighted by Crippen LogP contribution is -2.09. The molecule has 6 nitrogen and oxygen atoms in total. The zero-order valence-electron chi connectivity index (χ0n) is 14.7. The summed E-state index contributed by atoms with van der Waals surface area (Å²) in [6, 6.07) is 17.2. The van der Waals surface area contributed by atoms with E-state index in [1.165, 1.54) is 0 Å². The van der Waals surface area contributed by atoms with Crippen LogP contribution in [0.3, 0.4) is 0 Å². The summed E-state index contributed by atoms with van der Waals surface area (Å²) < 4.78 is 30.2. The van der Waals surface area contributed by atoms with E-state index in [-0.39, 0.29) is 0 Å². The van der Waals surface area contributed by atoms with Crippen molar-refractivity contribution < 1.29 is 13.2 Å². The number of pyridine rings is 1. The molecule has 0 fully saturated rings. The minimum Gasteiger partial charge on any atom is -0.481 e. The Balaban J connectivity index is 1.67. The molecule has 7 heteroatoms. The average molecular weight is 371 g/mol. The van der Waals surface area contributed by atoms with Crippen LogP contribution in [0.25, 0.3) is 10.9 Å². The van der Waals surface area contributed by atoms with Gasteiger partial charge in [0, 0.05) is 29.4 Å². The number of sulfonamides is 1. The van der Waals surface area contributed by atoms with E-state index in [2.05, 4.69) is 15.0 Å². The highest BCUT2D eigenvalue weighted by Gasteiger charge is 2.06. The maximum absolute atomic E-state index is 11.2. The standard InChI is InChI=1S/C19H21N3O3S/c1-25-19-13-18(16-5-3-4-6-17(16)21-19)20-12-11-14-7-9-15(10-8-14)22-26(2,23)24/h3-10,13,22H,11-12H2,1-2H3,(H,20,21). The Bertz CT molecular complexity index is 1000. The second-order valence-corrected chi connectivity index (χ2v) is 7.73. The van der Waals surface area contributed by atoms with Gasteiger partial charge in [-0.05, 0) is 30.2 Å². The molecule has 2 aromatic carbocycles. The van der Waals surface area contributed by atoms with Crippen molar-refractivity contribution in [3.8, 4) is 5.88 Å². The van der Waals surface area contributed by atoms with Crippen LogP contribution in [-0.2, 0) is 16.4 Å². The predicted octanol–water partition coefficient (Wildman–Crippen LogP) is 3.27. The molecule has 1 heterocycles. The number of hydrogen-bond acceptors (Lipinski definition) is 5. The maximum Gasteiger partial charge on any atom is 0.229 e. The van der Waals surface area contributed by atoms with Gasteiger partial charge < -0.3 is 10.1 Å². The highest BCUT2D eigenvalue weighted by atomic mass is 32.2. The molecule has 0 spiro atoms. The first-order valence-corrected chi connectivity index (χ1v) is 10.1. The van der Waals surface area contributed by atoms with Crippen molar-refractivity contribution in [1.82, 2.24) is 4.98 Å². The van der Waals surface area contributed by atoms with E-state index in [4.69, 9.17) is 4.74 Å². The van der Waals surface area contributed by atoms with Gasteiger partial charge in [-0.2, -0.15) is 0 Å². The first-order chi connectivity index (χ1) is 12.4. The third-order valence-corrected chi connectivity index (χ3v) is 4.49. The number of hydrogen-bond donors (Lipinski definition) is 2. The first-order valence-electron chi connectivity index (χ1n) is 8.19. The maximum atomic E-state index is 11.2. The molecule has 0 saturated heterocycles. The largest absolute Gasteiger partial charge is 0.481 e. The summed E-state index contributed by atoms with van der Waals surface area (Å²) in [5, 5.41) is 4.47. The summed E-state index contributed by atoms with van der Waals surface area (Å²) in [5.74, 6) is 0.572. The number of para-hydroxylation sites is 1. The van der Waals surface area contributed by atoms with Gasteiger partial charge in [0.25, 0.3) is 0 Å². The third-order valence-electron chi connectivity index (χ3n) is 3.89.